The topological polar surface area (TPSA) is 17.3 Å². The first-order chi connectivity index (χ1) is 16.2. The quantitative estimate of drug-likeness (QED) is 0.271. The third-order valence-electron chi connectivity index (χ3n) is 8.56. The molecule has 2 unspecified atom stereocenters. The number of nitrogens with zero attached hydrogens (tertiary/aromatic N) is 2. The van der Waals surface area contributed by atoms with Gasteiger partial charge in [-0.05, 0) is 39.4 Å². The van der Waals surface area contributed by atoms with Gasteiger partial charge in [-0.15, -0.1) is 0 Å². The molecule has 0 fully saturated rings. The van der Waals surface area contributed by atoms with Crippen molar-refractivity contribution in [2.75, 3.05) is 0 Å². The van der Waals surface area contributed by atoms with E-state index in [9.17, 15) is 0 Å². The summed E-state index contributed by atoms with van der Waals surface area (Å²) in [6.45, 7) is 4.76. The van der Waals surface area contributed by atoms with Gasteiger partial charge in [0.05, 0.1) is 5.52 Å². The Morgan fingerprint density at radius 1 is 0.758 bits per heavy atom. The molecule has 4 heterocycles. The SMILES string of the molecule is Cc1ccc2c3c1c1ccccc1c1ncc(n13)[Si]1(c3ccccc3)c3ccccc3C21C. The highest BCUT2D eigenvalue weighted by Gasteiger charge is 2.68. The van der Waals surface area contributed by atoms with Crippen molar-refractivity contribution in [3.8, 4) is 0 Å². The Balaban J connectivity index is 1.71. The van der Waals surface area contributed by atoms with Crippen molar-refractivity contribution in [2.45, 2.75) is 18.9 Å². The van der Waals surface area contributed by atoms with Gasteiger partial charge in [-0.2, -0.15) is 0 Å². The largest absolute Gasteiger partial charge is 0.299 e. The summed E-state index contributed by atoms with van der Waals surface area (Å²) in [6, 6.07) is 34.0. The van der Waals surface area contributed by atoms with Crippen LogP contribution in [0.1, 0.15) is 23.6 Å². The van der Waals surface area contributed by atoms with Gasteiger partial charge in [0.15, 0.2) is 8.07 Å². The van der Waals surface area contributed by atoms with Gasteiger partial charge in [-0.3, -0.25) is 4.40 Å². The van der Waals surface area contributed by atoms with E-state index < -0.39 is 8.07 Å². The van der Waals surface area contributed by atoms with E-state index in [-0.39, 0.29) is 5.04 Å². The molecule has 2 aromatic heterocycles. The fourth-order valence-electron chi connectivity index (χ4n) is 7.27. The average Bonchev–Trinajstić information content (AvgIpc) is 3.30. The zero-order valence-corrected chi connectivity index (χ0v) is 19.6. The molecule has 2 nitrogen and oxygen atoms in total. The molecule has 4 aromatic carbocycles. The fraction of sp³-hybridized carbons (Fsp3) is 0.100. The summed E-state index contributed by atoms with van der Waals surface area (Å²) < 4.78 is 2.54. The van der Waals surface area contributed by atoms with Crippen LogP contribution in [0.25, 0.3) is 27.3 Å². The summed E-state index contributed by atoms with van der Waals surface area (Å²) in [5.41, 5.74) is 6.72. The smallest absolute Gasteiger partial charge is 0.186 e. The van der Waals surface area contributed by atoms with Gasteiger partial charge in [-0.25, -0.2) is 4.98 Å². The maximum atomic E-state index is 5.12. The third kappa shape index (κ3) is 1.70. The van der Waals surface area contributed by atoms with Gasteiger partial charge in [0, 0.05) is 27.3 Å². The highest BCUT2D eigenvalue weighted by molar-refractivity contribution is 7.16. The van der Waals surface area contributed by atoms with E-state index in [1.165, 1.54) is 54.1 Å². The number of hydrogen-bond donors (Lipinski definition) is 0. The van der Waals surface area contributed by atoms with E-state index >= 15 is 0 Å². The molecule has 0 spiro atoms. The Hall–Kier alpha value is -3.69. The molecule has 8 rings (SSSR count). The lowest BCUT2D eigenvalue weighted by atomic mass is 9.86. The number of fused-ring (bicyclic) bond motifs is 9. The van der Waals surface area contributed by atoms with Gasteiger partial charge >= 0.3 is 0 Å². The zero-order valence-electron chi connectivity index (χ0n) is 18.6. The molecule has 2 atom stereocenters. The first kappa shape index (κ1) is 17.8. The number of aromatic nitrogens is 2. The first-order valence-electron chi connectivity index (χ1n) is 11.7. The number of hydrogen-bond acceptors (Lipinski definition) is 1. The second kappa shape index (κ2) is 5.62. The van der Waals surface area contributed by atoms with Gasteiger partial charge in [0.1, 0.15) is 5.65 Å². The van der Waals surface area contributed by atoms with Crippen molar-refractivity contribution in [2.24, 2.45) is 0 Å². The second-order valence-corrected chi connectivity index (χ2v) is 13.9. The molecule has 0 radical (unpaired) electrons. The molecule has 0 saturated carbocycles. The van der Waals surface area contributed by atoms with Crippen LogP contribution >= 0.6 is 0 Å². The van der Waals surface area contributed by atoms with Crippen LogP contribution in [0.2, 0.25) is 0 Å². The lowest BCUT2D eigenvalue weighted by molar-refractivity contribution is 0.758. The maximum absolute atomic E-state index is 5.12. The molecule has 6 aromatic rings. The van der Waals surface area contributed by atoms with Crippen molar-refractivity contribution in [1.29, 1.82) is 0 Å². The normalized spacial score (nSPS) is 22.5. The number of rotatable bonds is 1. The van der Waals surface area contributed by atoms with E-state index in [4.69, 9.17) is 4.98 Å². The van der Waals surface area contributed by atoms with Crippen LogP contribution in [-0.2, 0) is 5.04 Å². The minimum Gasteiger partial charge on any atom is -0.299 e. The Bertz CT molecular complexity index is 1800. The summed E-state index contributed by atoms with van der Waals surface area (Å²) >= 11 is 0. The van der Waals surface area contributed by atoms with Gasteiger partial charge < -0.3 is 0 Å². The van der Waals surface area contributed by atoms with Gasteiger partial charge in [0.25, 0.3) is 0 Å². The molecule has 0 saturated heterocycles. The van der Waals surface area contributed by atoms with E-state index in [1.807, 2.05) is 0 Å². The molecule has 156 valence electrons. The van der Waals surface area contributed by atoms with E-state index in [2.05, 4.69) is 115 Å². The van der Waals surface area contributed by atoms with E-state index in [0.29, 0.717) is 0 Å². The van der Waals surface area contributed by atoms with E-state index in [1.54, 1.807) is 0 Å². The minimum atomic E-state index is -2.36. The molecule has 2 aliphatic heterocycles. The predicted octanol–water partition coefficient (Wildman–Crippen LogP) is 4.59. The Morgan fingerprint density at radius 3 is 2.33 bits per heavy atom. The zero-order chi connectivity index (χ0) is 21.9. The Morgan fingerprint density at radius 2 is 1.48 bits per heavy atom. The molecular weight excluding hydrogens is 416 g/mol. The highest BCUT2D eigenvalue weighted by atomic mass is 28.3. The Labute approximate surface area is 193 Å². The summed E-state index contributed by atoms with van der Waals surface area (Å²) in [5.74, 6) is 0. The summed E-state index contributed by atoms with van der Waals surface area (Å²) in [6.07, 6.45) is 2.21. The molecule has 0 aliphatic carbocycles. The summed E-state index contributed by atoms with van der Waals surface area (Å²) in [4.78, 5) is 5.12. The van der Waals surface area contributed by atoms with Crippen LogP contribution in [0.3, 0.4) is 0 Å². The molecule has 33 heavy (non-hydrogen) atoms. The first-order valence-corrected chi connectivity index (χ1v) is 13.7. The van der Waals surface area contributed by atoms with Crippen molar-refractivity contribution in [3.63, 3.8) is 0 Å². The number of imidazole rings is 1. The molecule has 3 heteroatoms. The minimum absolute atomic E-state index is 0.0394. The number of aryl methyl sites for hydroxylation is 1. The molecule has 2 aliphatic rings. The van der Waals surface area contributed by atoms with Crippen LogP contribution < -0.4 is 15.7 Å². The standard InChI is InChI=1S/C30H22N2Si/c1-19-16-17-24-28-27(19)21-12-6-7-13-22(21)29-31-18-26(32(28)29)33(20-10-4-3-5-11-20)25-15-9-8-14-23(25)30(24,33)2/h3-18H,1-2H3. The molecule has 0 N–H and O–H groups in total. The van der Waals surface area contributed by atoms with Gasteiger partial charge in [0.2, 0.25) is 0 Å². The number of benzene rings is 4. The maximum Gasteiger partial charge on any atom is 0.186 e. The van der Waals surface area contributed by atoms with Crippen LogP contribution in [0, 0.1) is 6.92 Å². The average molecular weight is 439 g/mol. The predicted molar refractivity (Wildman–Crippen MR) is 139 cm³/mol. The van der Waals surface area contributed by atoms with E-state index in [0.717, 1.165) is 5.65 Å². The van der Waals surface area contributed by atoms with Crippen LogP contribution in [0.4, 0.5) is 0 Å². The molecular formula is C30H22N2Si. The van der Waals surface area contributed by atoms with Crippen molar-refractivity contribution in [3.05, 3.63) is 114 Å². The third-order valence-corrected chi connectivity index (χ3v) is 14.2. The highest BCUT2D eigenvalue weighted by Crippen LogP contribution is 2.52. The Kier molecular flexibility index (Phi) is 3.03. The number of pyridine rings is 1. The van der Waals surface area contributed by atoms with Crippen LogP contribution in [0.15, 0.2) is 97.2 Å². The fourth-order valence-corrected chi connectivity index (χ4v) is 13.4. The summed E-state index contributed by atoms with van der Waals surface area (Å²) in [5, 5.41) is 8.30. The molecule has 0 bridgehead atoms. The lowest BCUT2D eigenvalue weighted by Crippen LogP contribution is -2.87. The van der Waals surface area contributed by atoms with Crippen molar-refractivity contribution < 1.29 is 0 Å². The second-order valence-electron chi connectivity index (χ2n) is 9.79. The van der Waals surface area contributed by atoms with Gasteiger partial charge in [-0.1, -0.05) is 97.9 Å². The summed E-state index contributed by atoms with van der Waals surface area (Å²) in [7, 11) is -2.36. The van der Waals surface area contributed by atoms with Crippen LogP contribution in [-0.4, -0.2) is 17.5 Å². The monoisotopic (exact) mass is 438 g/mol. The molecule has 0 amide bonds. The van der Waals surface area contributed by atoms with Crippen molar-refractivity contribution >= 4 is 51.1 Å². The van der Waals surface area contributed by atoms with Crippen LogP contribution in [0.5, 0.6) is 0 Å². The van der Waals surface area contributed by atoms with Crippen molar-refractivity contribution in [1.82, 2.24) is 9.38 Å². The lowest BCUT2D eigenvalue weighted by Gasteiger charge is -2.60.